The van der Waals surface area contributed by atoms with Crippen molar-refractivity contribution in [3.63, 3.8) is 0 Å². The minimum absolute atomic E-state index is 0.673. The van der Waals surface area contributed by atoms with E-state index in [9.17, 15) is 0 Å². The van der Waals surface area contributed by atoms with Crippen LogP contribution in [0.1, 0.15) is 26.2 Å². The van der Waals surface area contributed by atoms with E-state index in [2.05, 4.69) is 19.1 Å². The van der Waals surface area contributed by atoms with Crippen LogP contribution in [0, 0.1) is 5.92 Å². The predicted molar refractivity (Wildman–Crippen MR) is 45.1 cm³/mol. The molecule has 0 bridgehead atoms. The first kappa shape index (κ1) is 6.96. The molecular formula is C10H14O. The molecule has 0 aromatic heterocycles. The summed E-state index contributed by atoms with van der Waals surface area (Å²) in [6, 6.07) is 0. The second-order valence-corrected chi connectivity index (χ2v) is 3.43. The van der Waals surface area contributed by atoms with E-state index >= 15 is 0 Å². The summed E-state index contributed by atoms with van der Waals surface area (Å²) in [5, 5.41) is 0. The maximum absolute atomic E-state index is 5.55. The van der Waals surface area contributed by atoms with Crippen molar-refractivity contribution >= 4 is 0 Å². The van der Waals surface area contributed by atoms with Crippen molar-refractivity contribution in [1.29, 1.82) is 0 Å². The molecule has 1 aliphatic carbocycles. The molecule has 11 heavy (non-hydrogen) atoms. The van der Waals surface area contributed by atoms with Gasteiger partial charge in [0.2, 0.25) is 0 Å². The number of hydrogen-bond donors (Lipinski definition) is 0. The number of ether oxygens (including phenoxy) is 1. The van der Waals surface area contributed by atoms with E-state index in [1.165, 1.54) is 24.8 Å². The third-order valence-corrected chi connectivity index (χ3v) is 2.34. The molecule has 1 heterocycles. The standard InChI is InChI=1S/C10H14O/c1-8-4-5-9-3-2-6-11-10(9)7-8/h5,7-8H,2-4,6H2,1H3. The van der Waals surface area contributed by atoms with E-state index in [-0.39, 0.29) is 0 Å². The normalized spacial score (nSPS) is 29.7. The summed E-state index contributed by atoms with van der Waals surface area (Å²) < 4.78 is 5.55. The first-order valence-electron chi connectivity index (χ1n) is 4.40. The van der Waals surface area contributed by atoms with Gasteiger partial charge >= 0.3 is 0 Å². The number of fused-ring (bicyclic) bond motifs is 1. The SMILES string of the molecule is CC1C=C2OCCCC2=CC1. The fraction of sp³-hybridized carbons (Fsp3) is 0.600. The average molecular weight is 150 g/mol. The average Bonchev–Trinajstić information content (AvgIpc) is 2.04. The summed E-state index contributed by atoms with van der Waals surface area (Å²) in [6.07, 6.45) is 8.20. The fourth-order valence-corrected chi connectivity index (χ4v) is 1.67. The maximum Gasteiger partial charge on any atom is 0.118 e. The Hall–Kier alpha value is -0.720. The van der Waals surface area contributed by atoms with Gasteiger partial charge in [0, 0.05) is 0 Å². The lowest BCUT2D eigenvalue weighted by Crippen LogP contribution is -2.11. The minimum atomic E-state index is 0.673. The summed E-state index contributed by atoms with van der Waals surface area (Å²) in [6.45, 7) is 3.15. The lowest BCUT2D eigenvalue weighted by atomic mass is 9.93. The van der Waals surface area contributed by atoms with Crippen LogP contribution in [-0.2, 0) is 4.74 Å². The summed E-state index contributed by atoms with van der Waals surface area (Å²) in [7, 11) is 0. The second kappa shape index (κ2) is 2.72. The Labute approximate surface area is 67.7 Å². The minimum Gasteiger partial charge on any atom is -0.494 e. The van der Waals surface area contributed by atoms with Crippen LogP contribution in [-0.4, -0.2) is 6.61 Å². The highest BCUT2D eigenvalue weighted by molar-refractivity contribution is 5.31. The molecule has 1 nitrogen and oxygen atoms in total. The van der Waals surface area contributed by atoms with E-state index < -0.39 is 0 Å². The third kappa shape index (κ3) is 1.32. The Bertz CT molecular complexity index is 213. The van der Waals surface area contributed by atoms with Gasteiger partial charge in [-0.25, -0.2) is 0 Å². The zero-order chi connectivity index (χ0) is 7.68. The Morgan fingerprint density at radius 3 is 3.36 bits per heavy atom. The van der Waals surface area contributed by atoms with Gasteiger partial charge in [0.1, 0.15) is 5.76 Å². The number of allylic oxidation sites excluding steroid dienone is 3. The van der Waals surface area contributed by atoms with E-state index in [4.69, 9.17) is 4.74 Å². The van der Waals surface area contributed by atoms with Gasteiger partial charge in [-0.3, -0.25) is 0 Å². The monoisotopic (exact) mass is 150 g/mol. The Morgan fingerprint density at radius 1 is 1.55 bits per heavy atom. The molecule has 2 rings (SSSR count). The summed E-state index contributed by atoms with van der Waals surface area (Å²) >= 11 is 0. The third-order valence-electron chi connectivity index (χ3n) is 2.34. The molecule has 0 aromatic carbocycles. The molecule has 1 unspecified atom stereocenters. The fourth-order valence-electron chi connectivity index (χ4n) is 1.67. The molecule has 1 saturated heterocycles. The first-order valence-corrected chi connectivity index (χ1v) is 4.40. The molecule has 1 fully saturated rings. The molecule has 0 N–H and O–H groups in total. The zero-order valence-corrected chi connectivity index (χ0v) is 6.97. The van der Waals surface area contributed by atoms with Crippen LogP contribution in [0.3, 0.4) is 0 Å². The van der Waals surface area contributed by atoms with Gasteiger partial charge in [0.05, 0.1) is 6.61 Å². The maximum atomic E-state index is 5.55. The van der Waals surface area contributed by atoms with Gasteiger partial charge in [-0.2, -0.15) is 0 Å². The summed E-state index contributed by atoms with van der Waals surface area (Å²) in [4.78, 5) is 0. The molecule has 1 heteroatoms. The second-order valence-electron chi connectivity index (χ2n) is 3.43. The molecule has 0 radical (unpaired) electrons. The largest absolute Gasteiger partial charge is 0.494 e. The van der Waals surface area contributed by atoms with Crippen molar-refractivity contribution in [3.05, 3.63) is 23.5 Å². The van der Waals surface area contributed by atoms with E-state index in [0.717, 1.165) is 12.4 Å². The van der Waals surface area contributed by atoms with Gasteiger partial charge in [0.25, 0.3) is 0 Å². The Kier molecular flexibility index (Phi) is 1.72. The van der Waals surface area contributed by atoms with Crippen molar-refractivity contribution in [1.82, 2.24) is 0 Å². The van der Waals surface area contributed by atoms with Crippen molar-refractivity contribution in [3.8, 4) is 0 Å². The van der Waals surface area contributed by atoms with Gasteiger partial charge in [-0.05, 0) is 36.8 Å². The molecule has 0 spiro atoms. The topological polar surface area (TPSA) is 9.23 Å². The summed E-state index contributed by atoms with van der Waals surface area (Å²) in [5.41, 5.74) is 1.44. The smallest absolute Gasteiger partial charge is 0.118 e. The highest BCUT2D eigenvalue weighted by Gasteiger charge is 2.16. The molecule has 0 saturated carbocycles. The van der Waals surface area contributed by atoms with Crippen LogP contribution in [0.25, 0.3) is 0 Å². The molecule has 2 aliphatic rings. The van der Waals surface area contributed by atoms with Gasteiger partial charge in [-0.15, -0.1) is 0 Å². The van der Waals surface area contributed by atoms with Crippen LogP contribution in [0.5, 0.6) is 0 Å². The van der Waals surface area contributed by atoms with Crippen molar-refractivity contribution in [2.24, 2.45) is 5.92 Å². The van der Waals surface area contributed by atoms with Gasteiger partial charge in [0.15, 0.2) is 0 Å². The van der Waals surface area contributed by atoms with Crippen molar-refractivity contribution < 1.29 is 4.74 Å². The predicted octanol–water partition coefficient (Wildman–Crippen LogP) is 2.65. The highest BCUT2D eigenvalue weighted by atomic mass is 16.5. The van der Waals surface area contributed by atoms with Crippen LogP contribution < -0.4 is 0 Å². The Balaban J connectivity index is 2.19. The molecular weight excluding hydrogens is 136 g/mol. The highest BCUT2D eigenvalue weighted by Crippen LogP contribution is 2.29. The molecule has 60 valence electrons. The lowest BCUT2D eigenvalue weighted by molar-refractivity contribution is 0.189. The van der Waals surface area contributed by atoms with Gasteiger partial charge in [-0.1, -0.05) is 13.0 Å². The van der Waals surface area contributed by atoms with E-state index in [0.29, 0.717) is 5.92 Å². The summed E-state index contributed by atoms with van der Waals surface area (Å²) in [5.74, 6) is 1.84. The molecule has 0 amide bonds. The van der Waals surface area contributed by atoms with Crippen LogP contribution in [0.15, 0.2) is 23.5 Å². The van der Waals surface area contributed by atoms with Crippen LogP contribution >= 0.6 is 0 Å². The number of hydrogen-bond acceptors (Lipinski definition) is 1. The quantitative estimate of drug-likeness (QED) is 0.516. The van der Waals surface area contributed by atoms with Crippen LogP contribution in [0.4, 0.5) is 0 Å². The van der Waals surface area contributed by atoms with E-state index in [1.807, 2.05) is 0 Å². The lowest BCUT2D eigenvalue weighted by Gasteiger charge is -2.24. The van der Waals surface area contributed by atoms with Crippen LogP contribution in [0.2, 0.25) is 0 Å². The Morgan fingerprint density at radius 2 is 2.45 bits per heavy atom. The molecule has 0 aromatic rings. The van der Waals surface area contributed by atoms with Gasteiger partial charge < -0.3 is 4.74 Å². The van der Waals surface area contributed by atoms with Crippen molar-refractivity contribution in [2.75, 3.05) is 6.61 Å². The first-order chi connectivity index (χ1) is 5.36. The molecule has 1 atom stereocenters. The van der Waals surface area contributed by atoms with Crippen molar-refractivity contribution in [2.45, 2.75) is 26.2 Å². The molecule has 1 aliphatic heterocycles. The number of rotatable bonds is 0. The van der Waals surface area contributed by atoms with E-state index in [1.54, 1.807) is 0 Å². The zero-order valence-electron chi connectivity index (χ0n) is 6.97.